The summed E-state index contributed by atoms with van der Waals surface area (Å²) < 4.78 is 0. The van der Waals surface area contributed by atoms with Crippen molar-refractivity contribution < 1.29 is 0 Å². The van der Waals surface area contributed by atoms with Crippen molar-refractivity contribution in [2.24, 2.45) is 10.9 Å². The van der Waals surface area contributed by atoms with Crippen LogP contribution in [0.5, 0.6) is 0 Å². The Kier molecular flexibility index (Phi) is 4.16. The molecule has 0 radical (unpaired) electrons. The minimum Gasteiger partial charge on any atom is -0.304 e. The molecule has 0 aliphatic carbocycles. The van der Waals surface area contributed by atoms with Crippen LogP contribution in [-0.2, 0) is 0 Å². The molecule has 0 amide bonds. The lowest BCUT2D eigenvalue weighted by Crippen LogP contribution is -2.28. The largest absolute Gasteiger partial charge is 0.304 e. The minimum atomic E-state index is 0.654. The van der Waals surface area contributed by atoms with Gasteiger partial charge in [0.2, 0.25) is 0 Å². The smallest absolute Gasteiger partial charge is 0.0226 e. The van der Waals surface area contributed by atoms with Crippen LogP contribution in [0.1, 0.15) is 26.7 Å². The summed E-state index contributed by atoms with van der Waals surface area (Å²) in [5.41, 5.74) is 0. The highest BCUT2D eigenvalue weighted by Crippen LogP contribution is 2.13. The molecule has 0 aromatic carbocycles. The molecule has 0 aromatic heterocycles. The third-order valence-electron chi connectivity index (χ3n) is 2.69. The van der Waals surface area contributed by atoms with E-state index < -0.39 is 0 Å². The number of nitrogens with zero attached hydrogens (tertiary/aromatic N) is 2. The first-order valence-electron chi connectivity index (χ1n) is 5.08. The van der Waals surface area contributed by atoms with Gasteiger partial charge < -0.3 is 4.90 Å². The van der Waals surface area contributed by atoms with E-state index in [4.69, 9.17) is 0 Å². The molecule has 13 heavy (non-hydrogen) atoms. The van der Waals surface area contributed by atoms with Crippen LogP contribution in [0.4, 0.5) is 0 Å². The van der Waals surface area contributed by atoms with Crippen LogP contribution >= 0.6 is 0 Å². The van der Waals surface area contributed by atoms with Gasteiger partial charge in [-0.1, -0.05) is 6.08 Å². The Balaban J connectivity index is 2.19. The van der Waals surface area contributed by atoms with Gasteiger partial charge in [-0.3, -0.25) is 4.99 Å². The maximum Gasteiger partial charge on any atom is 0.0226 e. The lowest BCUT2D eigenvalue weighted by molar-refractivity contribution is 0.260. The van der Waals surface area contributed by atoms with Crippen LogP contribution in [0.25, 0.3) is 0 Å². The van der Waals surface area contributed by atoms with Crippen molar-refractivity contribution in [3.8, 4) is 0 Å². The van der Waals surface area contributed by atoms with Crippen molar-refractivity contribution in [3.63, 3.8) is 0 Å². The first-order chi connectivity index (χ1) is 6.20. The number of hydrogen-bond acceptors (Lipinski definition) is 2. The van der Waals surface area contributed by atoms with Crippen molar-refractivity contribution >= 4 is 6.21 Å². The second kappa shape index (κ2) is 5.18. The first kappa shape index (κ1) is 10.5. The fraction of sp³-hybridized carbons (Fsp3) is 0.727. The van der Waals surface area contributed by atoms with Gasteiger partial charge in [-0.25, -0.2) is 0 Å². The van der Waals surface area contributed by atoms with Gasteiger partial charge >= 0.3 is 0 Å². The summed E-state index contributed by atoms with van der Waals surface area (Å²) in [5, 5.41) is 0. The van der Waals surface area contributed by atoms with Crippen LogP contribution in [0.15, 0.2) is 17.3 Å². The molecule has 74 valence electrons. The van der Waals surface area contributed by atoms with E-state index in [0.29, 0.717) is 12.0 Å². The molecule has 1 aliphatic rings. The zero-order chi connectivity index (χ0) is 9.68. The number of hydrogen-bond donors (Lipinski definition) is 0. The number of allylic oxidation sites excluding steroid dienone is 1. The predicted octanol–water partition coefficient (Wildman–Crippen LogP) is 2.32. The summed E-state index contributed by atoms with van der Waals surface area (Å²) in [7, 11) is 2.19. The average Bonchev–Trinajstić information content (AvgIpc) is 2.15. The van der Waals surface area contributed by atoms with Crippen molar-refractivity contribution in [2.45, 2.75) is 32.7 Å². The van der Waals surface area contributed by atoms with E-state index in [1.807, 2.05) is 12.4 Å². The van der Waals surface area contributed by atoms with E-state index in [2.05, 4.69) is 36.9 Å². The molecule has 1 rings (SSSR count). The molecular formula is C11H20N2. The second-order valence-corrected chi connectivity index (χ2v) is 4.03. The molecule has 0 saturated heterocycles. The van der Waals surface area contributed by atoms with Gasteiger partial charge in [-0.2, -0.15) is 0 Å². The summed E-state index contributed by atoms with van der Waals surface area (Å²) in [4.78, 5) is 6.46. The van der Waals surface area contributed by atoms with Crippen LogP contribution in [0.2, 0.25) is 0 Å². The van der Waals surface area contributed by atoms with Crippen molar-refractivity contribution in [2.75, 3.05) is 13.6 Å². The van der Waals surface area contributed by atoms with Crippen LogP contribution in [0, 0.1) is 5.92 Å². The molecule has 1 aliphatic heterocycles. The fourth-order valence-corrected chi connectivity index (χ4v) is 1.35. The van der Waals surface area contributed by atoms with Gasteiger partial charge in [-0.05, 0) is 46.2 Å². The van der Waals surface area contributed by atoms with Crippen LogP contribution in [-0.4, -0.2) is 30.7 Å². The normalized spacial score (nSPS) is 21.8. The minimum absolute atomic E-state index is 0.654. The second-order valence-electron chi connectivity index (χ2n) is 4.03. The molecule has 1 atom stereocenters. The number of rotatable bonds is 4. The van der Waals surface area contributed by atoms with E-state index >= 15 is 0 Å². The van der Waals surface area contributed by atoms with E-state index in [1.54, 1.807) is 0 Å². The zero-order valence-electron chi connectivity index (χ0n) is 8.90. The summed E-state index contributed by atoms with van der Waals surface area (Å²) >= 11 is 0. The third-order valence-corrected chi connectivity index (χ3v) is 2.69. The molecule has 0 spiro atoms. The molecule has 0 bridgehead atoms. The molecule has 0 saturated carbocycles. The van der Waals surface area contributed by atoms with Gasteiger partial charge in [0.1, 0.15) is 0 Å². The topological polar surface area (TPSA) is 15.6 Å². The molecular weight excluding hydrogens is 160 g/mol. The van der Waals surface area contributed by atoms with E-state index in [-0.39, 0.29) is 0 Å². The molecule has 1 heterocycles. The van der Waals surface area contributed by atoms with Crippen molar-refractivity contribution in [1.29, 1.82) is 0 Å². The lowest BCUT2D eigenvalue weighted by atomic mass is 10.0. The van der Waals surface area contributed by atoms with Gasteiger partial charge in [0.05, 0.1) is 0 Å². The van der Waals surface area contributed by atoms with Gasteiger partial charge in [0, 0.05) is 18.5 Å². The van der Waals surface area contributed by atoms with Crippen molar-refractivity contribution in [1.82, 2.24) is 4.90 Å². The summed E-state index contributed by atoms with van der Waals surface area (Å²) in [6, 6.07) is 0.654. The van der Waals surface area contributed by atoms with Crippen LogP contribution in [0.3, 0.4) is 0 Å². The molecule has 2 heteroatoms. The summed E-state index contributed by atoms with van der Waals surface area (Å²) in [5.74, 6) is 0.707. The predicted molar refractivity (Wildman–Crippen MR) is 58.1 cm³/mol. The maximum absolute atomic E-state index is 4.07. The molecule has 0 aromatic rings. The Hall–Kier alpha value is -0.630. The Labute approximate surface area is 81.3 Å². The lowest BCUT2D eigenvalue weighted by Gasteiger charge is -2.23. The Morgan fingerprint density at radius 3 is 2.85 bits per heavy atom. The molecule has 2 nitrogen and oxygen atoms in total. The first-order valence-corrected chi connectivity index (χ1v) is 5.08. The maximum atomic E-state index is 4.07. The van der Waals surface area contributed by atoms with Crippen LogP contribution < -0.4 is 0 Å². The third kappa shape index (κ3) is 3.73. The highest BCUT2D eigenvalue weighted by molar-refractivity contribution is 5.60. The average molecular weight is 180 g/mol. The zero-order valence-corrected chi connectivity index (χ0v) is 8.90. The SMILES string of the molecule is CC(C)N(C)CCC1C=CN=CC1. The molecule has 0 N–H and O–H groups in total. The highest BCUT2D eigenvalue weighted by atomic mass is 15.1. The van der Waals surface area contributed by atoms with Crippen molar-refractivity contribution in [3.05, 3.63) is 12.3 Å². The summed E-state index contributed by atoms with van der Waals surface area (Å²) in [6.45, 7) is 5.65. The highest BCUT2D eigenvalue weighted by Gasteiger charge is 2.08. The monoisotopic (exact) mass is 180 g/mol. The van der Waals surface area contributed by atoms with Gasteiger partial charge in [0.15, 0.2) is 0 Å². The Morgan fingerprint density at radius 1 is 1.54 bits per heavy atom. The Bertz CT molecular complexity index is 194. The summed E-state index contributed by atoms with van der Waals surface area (Å²) in [6.07, 6.45) is 8.51. The quantitative estimate of drug-likeness (QED) is 0.648. The standard InChI is InChI=1S/C11H20N2/c1-10(2)13(3)9-6-11-4-7-12-8-5-11/h4,7-8,10-11H,5-6,9H2,1-3H3. The number of aliphatic imine (C=N–C) groups is 1. The van der Waals surface area contributed by atoms with Gasteiger partial charge in [0.25, 0.3) is 0 Å². The molecule has 1 unspecified atom stereocenters. The van der Waals surface area contributed by atoms with Gasteiger partial charge in [-0.15, -0.1) is 0 Å². The molecule has 0 fully saturated rings. The Morgan fingerprint density at radius 2 is 2.31 bits per heavy atom. The van der Waals surface area contributed by atoms with E-state index in [9.17, 15) is 0 Å². The van der Waals surface area contributed by atoms with E-state index in [0.717, 1.165) is 6.42 Å². The fourth-order valence-electron chi connectivity index (χ4n) is 1.35. The van der Waals surface area contributed by atoms with E-state index in [1.165, 1.54) is 13.0 Å².